The minimum Gasteiger partial charge on any atom is -0.287 e. The molecule has 6 heteroatoms. The molecule has 0 bridgehead atoms. The third kappa shape index (κ3) is 2.53. The molecule has 0 aliphatic rings. The summed E-state index contributed by atoms with van der Waals surface area (Å²) in [4.78, 5) is 20.8. The van der Waals surface area contributed by atoms with Gasteiger partial charge in [-0.1, -0.05) is 6.92 Å². The molecule has 0 heterocycles. The number of benzene rings is 1. The lowest BCUT2D eigenvalue weighted by molar-refractivity contribution is -0.385. The van der Waals surface area contributed by atoms with Crippen LogP contribution in [-0.2, 0) is 4.79 Å². The predicted octanol–water partition coefficient (Wildman–Crippen LogP) is 2.29. The summed E-state index contributed by atoms with van der Waals surface area (Å²) in [5, 5.41) is 10.1. The van der Waals surface area contributed by atoms with E-state index in [2.05, 4.69) is 12.6 Å². The van der Waals surface area contributed by atoms with Gasteiger partial charge in [0.2, 0.25) is 0 Å². The lowest BCUT2D eigenvalue weighted by Gasteiger charge is -2.07. The number of nitro groups is 1. The van der Waals surface area contributed by atoms with Gasteiger partial charge in [-0.3, -0.25) is 14.9 Å². The molecule has 1 aromatic rings. The highest BCUT2D eigenvalue weighted by Gasteiger charge is 2.22. The zero-order valence-corrected chi connectivity index (χ0v) is 8.70. The van der Waals surface area contributed by atoms with Crippen LogP contribution in [0.5, 0.6) is 0 Å². The van der Waals surface area contributed by atoms with E-state index in [1.54, 1.807) is 0 Å². The van der Waals surface area contributed by atoms with Crippen molar-refractivity contribution in [1.29, 1.82) is 0 Å². The Kier molecular flexibility index (Phi) is 3.41. The number of hydrogen-bond acceptors (Lipinski definition) is 3. The predicted molar refractivity (Wildman–Crippen MR) is 55.5 cm³/mol. The van der Waals surface area contributed by atoms with Gasteiger partial charge in [-0.15, -0.1) is 12.6 Å². The van der Waals surface area contributed by atoms with Gasteiger partial charge >= 0.3 is 0 Å². The van der Waals surface area contributed by atoms with Crippen molar-refractivity contribution in [1.82, 2.24) is 0 Å². The standard InChI is InChI=1S/C9H8FNO3S/c1-5(9(12)15)7-3-2-6(10)4-8(7)11(13)14/h2-5H,1H3,(H,12,15). The Hall–Kier alpha value is -1.43. The highest BCUT2D eigenvalue weighted by molar-refractivity contribution is 7.96. The third-order valence-electron chi connectivity index (χ3n) is 2.03. The van der Waals surface area contributed by atoms with Crippen LogP contribution < -0.4 is 0 Å². The molecular weight excluding hydrogens is 221 g/mol. The summed E-state index contributed by atoms with van der Waals surface area (Å²) in [6, 6.07) is 3.10. The van der Waals surface area contributed by atoms with Crippen molar-refractivity contribution in [3.8, 4) is 0 Å². The molecule has 80 valence electrons. The Morgan fingerprint density at radius 3 is 2.67 bits per heavy atom. The van der Waals surface area contributed by atoms with Crippen LogP contribution in [0.25, 0.3) is 0 Å². The first-order chi connectivity index (χ1) is 6.93. The Balaban J connectivity index is 3.28. The van der Waals surface area contributed by atoms with Gasteiger partial charge in [0.25, 0.3) is 5.69 Å². The van der Waals surface area contributed by atoms with Crippen LogP contribution in [0.4, 0.5) is 10.1 Å². The molecule has 0 spiro atoms. The summed E-state index contributed by atoms with van der Waals surface area (Å²) >= 11 is 3.59. The van der Waals surface area contributed by atoms with Crippen molar-refractivity contribution in [3.63, 3.8) is 0 Å². The Morgan fingerprint density at radius 1 is 1.60 bits per heavy atom. The largest absolute Gasteiger partial charge is 0.287 e. The summed E-state index contributed by atoms with van der Waals surface area (Å²) in [6.07, 6.45) is 0. The number of thiol groups is 1. The van der Waals surface area contributed by atoms with Crippen molar-refractivity contribution in [3.05, 3.63) is 39.7 Å². The van der Waals surface area contributed by atoms with E-state index in [9.17, 15) is 19.3 Å². The van der Waals surface area contributed by atoms with Crippen molar-refractivity contribution in [2.45, 2.75) is 12.8 Å². The van der Waals surface area contributed by atoms with Crippen molar-refractivity contribution in [2.24, 2.45) is 0 Å². The maximum Gasteiger partial charge on any atom is 0.276 e. The maximum atomic E-state index is 12.8. The fourth-order valence-corrected chi connectivity index (χ4v) is 1.31. The molecule has 4 nitrogen and oxygen atoms in total. The van der Waals surface area contributed by atoms with Crippen molar-refractivity contribution >= 4 is 23.4 Å². The van der Waals surface area contributed by atoms with E-state index in [4.69, 9.17) is 0 Å². The van der Waals surface area contributed by atoms with E-state index in [-0.39, 0.29) is 5.56 Å². The monoisotopic (exact) mass is 229 g/mol. The average Bonchev–Trinajstić information content (AvgIpc) is 2.16. The lowest BCUT2D eigenvalue weighted by atomic mass is 10.0. The molecular formula is C9H8FNO3S. The minimum absolute atomic E-state index is 0.168. The number of rotatable bonds is 3. The van der Waals surface area contributed by atoms with Crippen LogP contribution in [0.15, 0.2) is 18.2 Å². The summed E-state index contributed by atoms with van der Waals surface area (Å²) in [5.74, 6) is -1.43. The SMILES string of the molecule is CC(C(=O)S)c1ccc(F)cc1[N+](=O)[O-]. The van der Waals surface area contributed by atoms with Crippen LogP contribution >= 0.6 is 12.6 Å². The number of nitro benzene ring substituents is 1. The zero-order valence-electron chi connectivity index (χ0n) is 7.81. The molecule has 0 saturated carbocycles. The zero-order chi connectivity index (χ0) is 11.6. The first-order valence-electron chi connectivity index (χ1n) is 4.10. The van der Waals surface area contributed by atoms with Crippen LogP contribution in [-0.4, -0.2) is 10.0 Å². The van der Waals surface area contributed by atoms with Crippen molar-refractivity contribution < 1.29 is 14.1 Å². The molecule has 0 saturated heterocycles. The molecule has 0 aromatic heterocycles. The first kappa shape index (κ1) is 11.6. The van der Waals surface area contributed by atoms with E-state index in [0.717, 1.165) is 12.1 Å². The minimum atomic E-state index is -0.727. The van der Waals surface area contributed by atoms with E-state index in [0.29, 0.717) is 0 Å². The number of halogens is 1. The summed E-state index contributed by atoms with van der Waals surface area (Å²) < 4.78 is 12.8. The first-order valence-corrected chi connectivity index (χ1v) is 4.55. The average molecular weight is 229 g/mol. The molecule has 1 aromatic carbocycles. The van der Waals surface area contributed by atoms with Gasteiger partial charge in [-0.2, -0.15) is 0 Å². The van der Waals surface area contributed by atoms with Gasteiger partial charge in [-0.25, -0.2) is 4.39 Å². The molecule has 0 N–H and O–H groups in total. The maximum absolute atomic E-state index is 12.8. The van der Waals surface area contributed by atoms with E-state index in [1.807, 2.05) is 0 Å². The number of nitrogens with zero attached hydrogens (tertiary/aromatic N) is 1. The molecule has 1 rings (SSSR count). The fourth-order valence-electron chi connectivity index (χ4n) is 1.17. The lowest BCUT2D eigenvalue weighted by Crippen LogP contribution is -2.06. The number of carbonyl (C=O) groups is 1. The molecule has 0 fully saturated rings. The third-order valence-corrected chi connectivity index (χ3v) is 2.41. The molecule has 0 radical (unpaired) electrons. The summed E-state index contributed by atoms with van der Waals surface area (Å²) in [6.45, 7) is 1.48. The highest BCUT2D eigenvalue weighted by atomic mass is 32.1. The number of carbonyl (C=O) groups excluding carboxylic acids is 1. The highest BCUT2D eigenvalue weighted by Crippen LogP contribution is 2.28. The molecule has 1 unspecified atom stereocenters. The van der Waals surface area contributed by atoms with Crippen LogP contribution in [0, 0.1) is 15.9 Å². The topological polar surface area (TPSA) is 60.2 Å². The smallest absolute Gasteiger partial charge is 0.276 e. The van der Waals surface area contributed by atoms with Gasteiger partial charge in [0.1, 0.15) is 5.82 Å². The summed E-state index contributed by atoms with van der Waals surface area (Å²) in [5.41, 5.74) is -0.230. The Labute approximate surface area is 90.7 Å². The normalized spacial score (nSPS) is 12.2. The van der Waals surface area contributed by atoms with E-state index < -0.39 is 27.5 Å². The van der Waals surface area contributed by atoms with Gasteiger partial charge in [0.15, 0.2) is 5.12 Å². The van der Waals surface area contributed by atoms with Gasteiger partial charge in [-0.05, 0) is 12.1 Å². The van der Waals surface area contributed by atoms with Gasteiger partial charge in [0.05, 0.1) is 16.9 Å². The molecule has 15 heavy (non-hydrogen) atoms. The van der Waals surface area contributed by atoms with E-state index in [1.165, 1.54) is 13.0 Å². The second-order valence-electron chi connectivity index (χ2n) is 3.02. The summed E-state index contributed by atoms with van der Waals surface area (Å²) in [7, 11) is 0. The second kappa shape index (κ2) is 4.39. The van der Waals surface area contributed by atoms with Crippen molar-refractivity contribution in [2.75, 3.05) is 0 Å². The van der Waals surface area contributed by atoms with Crippen LogP contribution in [0.1, 0.15) is 18.4 Å². The molecule has 1 atom stereocenters. The second-order valence-corrected chi connectivity index (χ2v) is 3.46. The fraction of sp³-hybridized carbons (Fsp3) is 0.222. The van der Waals surface area contributed by atoms with Gasteiger partial charge in [0, 0.05) is 5.56 Å². The van der Waals surface area contributed by atoms with Crippen LogP contribution in [0.3, 0.4) is 0 Å². The van der Waals surface area contributed by atoms with Crippen LogP contribution in [0.2, 0.25) is 0 Å². The number of hydrogen-bond donors (Lipinski definition) is 1. The van der Waals surface area contributed by atoms with Gasteiger partial charge < -0.3 is 0 Å². The Bertz CT molecular complexity index is 422. The quantitative estimate of drug-likeness (QED) is 0.491. The molecule has 0 amide bonds. The molecule has 0 aliphatic heterocycles. The molecule has 0 aliphatic carbocycles. The Morgan fingerprint density at radius 2 is 2.20 bits per heavy atom. The van der Waals surface area contributed by atoms with E-state index >= 15 is 0 Å².